The molecule has 138 valence electrons. The van der Waals surface area contributed by atoms with Gasteiger partial charge in [-0.1, -0.05) is 25.0 Å². The van der Waals surface area contributed by atoms with Gasteiger partial charge < -0.3 is 14.4 Å². The van der Waals surface area contributed by atoms with Gasteiger partial charge in [0.05, 0.1) is 26.7 Å². The number of benzene rings is 1. The van der Waals surface area contributed by atoms with Gasteiger partial charge in [0, 0.05) is 32.2 Å². The van der Waals surface area contributed by atoms with Gasteiger partial charge in [0.25, 0.3) is 0 Å². The summed E-state index contributed by atoms with van der Waals surface area (Å²) in [5.41, 5.74) is 1.03. The highest BCUT2D eigenvalue weighted by molar-refractivity contribution is 5.79. The van der Waals surface area contributed by atoms with E-state index in [2.05, 4.69) is 9.80 Å². The van der Waals surface area contributed by atoms with E-state index in [1.54, 1.807) is 7.11 Å². The second kappa shape index (κ2) is 9.20. The Balaban J connectivity index is 1.65. The van der Waals surface area contributed by atoms with Gasteiger partial charge in [0.2, 0.25) is 5.91 Å². The van der Waals surface area contributed by atoms with Crippen LogP contribution in [0.15, 0.2) is 24.3 Å². The van der Waals surface area contributed by atoms with Gasteiger partial charge in [-0.2, -0.15) is 0 Å². The Bertz CT molecular complexity index is 558. The number of hydrogen-bond donors (Lipinski definition) is 0. The molecule has 1 atom stereocenters. The Morgan fingerprint density at radius 1 is 1.20 bits per heavy atom. The molecule has 2 aliphatic rings. The van der Waals surface area contributed by atoms with Crippen LogP contribution in [0, 0.1) is 0 Å². The van der Waals surface area contributed by atoms with Gasteiger partial charge in [0.15, 0.2) is 0 Å². The first-order chi connectivity index (χ1) is 12.3. The van der Waals surface area contributed by atoms with E-state index in [-0.39, 0.29) is 5.91 Å². The summed E-state index contributed by atoms with van der Waals surface area (Å²) in [6, 6.07) is 8.18. The van der Waals surface area contributed by atoms with Crippen molar-refractivity contribution in [2.75, 3.05) is 46.5 Å². The van der Waals surface area contributed by atoms with E-state index in [0.29, 0.717) is 12.5 Å². The Morgan fingerprint density at radius 2 is 2.04 bits per heavy atom. The molecule has 0 spiro atoms. The number of ether oxygens (including phenoxy) is 2. The van der Waals surface area contributed by atoms with Gasteiger partial charge in [-0.05, 0) is 30.5 Å². The van der Waals surface area contributed by atoms with Crippen LogP contribution < -0.4 is 4.74 Å². The number of nitrogens with zero attached hydrogens (tertiary/aromatic N) is 2. The van der Waals surface area contributed by atoms with Crippen molar-refractivity contribution < 1.29 is 14.3 Å². The number of morpholine rings is 1. The van der Waals surface area contributed by atoms with Gasteiger partial charge >= 0.3 is 0 Å². The van der Waals surface area contributed by atoms with Crippen LogP contribution in [0.4, 0.5) is 0 Å². The van der Waals surface area contributed by atoms with Crippen LogP contribution in [0.2, 0.25) is 0 Å². The third-order valence-corrected chi connectivity index (χ3v) is 5.26. The molecule has 5 heteroatoms. The predicted octanol–water partition coefficient (Wildman–Crippen LogP) is 2.34. The first-order valence-corrected chi connectivity index (χ1v) is 9.49. The fraction of sp³-hybridized carbons (Fsp3) is 0.650. The summed E-state index contributed by atoms with van der Waals surface area (Å²) in [7, 11) is 1.66. The zero-order valence-electron chi connectivity index (χ0n) is 15.3. The smallest absolute Gasteiger partial charge is 0.227 e. The van der Waals surface area contributed by atoms with Crippen molar-refractivity contribution in [3.05, 3.63) is 29.8 Å². The molecule has 2 fully saturated rings. The molecule has 0 N–H and O–H groups in total. The van der Waals surface area contributed by atoms with Crippen LogP contribution in [-0.2, 0) is 16.0 Å². The molecule has 5 nitrogen and oxygen atoms in total. The van der Waals surface area contributed by atoms with Gasteiger partial charge in [-0.3, -0.25) is 9.69 Å². The molecule has 2 heterocycles. The first-order valence-electron chi connectivity index (χ1n) is 9.49. The topological polar surface area (TPSA) is 42.0 Å². The zero-order chi connectivity index (χ0) is 17.5. The Labute approximate surface area is 150 Å². The number of methoxy groups -OCH3 is 1. The maximum absolute atomic E-state index is 13.0. The summed E-state index contributed by atoms with van der Waals surface area (Å²) in [4.78, 5) is 17.6. The molecule has 1 aromatic rings. The number of carbonyl (C=O) groups is 1. The van der Waals surface area contributed by atoms with E-state index in [9.17, 15) is 4.79 Å². The molecule has 0 saturated carbocycles. The minimum atomic E-state index is 0.244. The van der Waals surface area contributed by atoms with Gasteiger partial charge in [-0.15, -0.1) is 0 Å². The van der Waals surface area contributed by atoms with Crippen molar-refractivity contribution in [2.45, 2.75) is 38.1 Å². The molecule has 1 amide bonds. The fourth-order valence-corrected chi connectivity index (χ4v) is 3.84. The van der Waals surface area contributed by atoms with Crippen LogP contribution in [0.1, 0.15) is 31.2 Å². The highest BCUT2D eigenvalue weighted by Gasteiger charge is 2.27. The first kappa shape index (κ1) is 18.2. The van der Waals surface area contributed by atoms with Crippen LogP contribution >= 0.6 is 0 Å². The van der Waals surface area contributed by atoms with Crippen molar-refractivity contribution in [2.24, 2.45) is 0 Å². The molecule has 0 radical (unpaired) electrons. The average Bonchev–Trinajstić information content (AvgIpc) is 2.88. The lowest BCUT2D eigenvalue weighted by atomic mass is 10.1. The van der Waals surface area contributed by atoms with Crippen molar-refractivity contribution in [1.29, 1.82) is 0 Å². The lowest BCUT2D eigenvalue weighted by Crippen LogP contribution is -2.49. The van der Waals surface area contributed by atoms with E-state index in [0.717, 1.165) is 63.5 Å². The normalized spacial score (nSPS) is 22.4. The standard InChI is InChI=1S/C20H30N2O3/c1-24-19-8-5-6-17(14-19)15-20(23)22-9-4-2-3-7-18(22)16-21-10-12-25-13-11-21/h5-6,8,14,18H,2-4,7,9-13,15-16H2,1H3. The molecule has 1 unspecified atom stereocenters. The third kappa shape index (κ3) is 5.19. The van der Waals surface area contributed by atoms with E-state index in [1.807, 2.05) is 24.3 Å². The van der Waals surface area contributed by atoms with Crippen molar-refractivity contribution in [3.63, 3.8) is 0 Å². The van der Waals surface area contributed by atoms with E-state index in [1.165, 1.54) is 12.8 Å². The summed E-state index contributed by atoms with van der Waals surface area (Å²) < 4.78 is 10.7. The highest BCUT2D eigenvalue weighted by Crippen LogP contribution is 2.21. The maximum atomic E-state index is 13.0. The zero-order valence-corrected chi connectivity index (χ0v) is 15.3. The van der Waals surface area contributed by atoms with Crippen molar-refractivity contribution in [1.82, 2.24) is 9.80 Å². The fourth-order valence-electron chi connectivity index (χ4n) is 3.84. The third-order valence-electron chi connectivity index (χ3n) is 5.26. The van der Waals surface area contributed by atoms with Crippen molar-refractivity contribution in [3.8, 4) is 5.75 Å². The monoisotopic (exact) mass is 346 g/mol. The molecular weight excluding hydrogens is 316 g/mol. The molecule has 1 aromatic carbocycles. The second-order valence-electron chi connectivity index (χ2n) is 7.03. The number of amides is 1. The number of rotatable bonds is 5. The van der Waals surface area contributed by atoms with Crippen LogP contribution in [-0.4, -0.2) is 68.3 Å². The Hall–Kier alpha value is -1.59. The van der Waals surface area contributed by atoms with Crippen LogP contribution in [0.25, 0.3) is 0 Å². The van der Waals surface area contributed by atoms with E-state index in [4.69, 9.17) is 9.47 Å². The molecule has 0 bridgehead atoms. The molecule has 0 aliphatic carbocycles. The molecule has 3 rings (SSSR count). The van der Waals surface area contributed by atoms with Gasteiger partial charge in [-0.25, -0.2) is 0 Å². The second-order valence-corrected chi connectivity index (χ2v) is 7.03. The van der Waals surface area contributed by atoms with Crippen molar-refractivity contribution >= 4 is 5.91 Å². The Morgan fingerprint density at radius 3 is 2.84 bits per heavy atom. The minimum absolute atomic E-state index is 0.244. The van der Waals surface area contributed by atoms with E-state index >= 15 is 0 Å². The lowest BCUT2D eigenvalue weighted by molar-refractivity contribution is -0.133. The average molecular weight is 346 g/mol. The number of hydrogen-bond acceptors (Lipinski definition) is 4. The SMILES string of the molecule is COc1cccc(CC(=O)N2CCCCCC2CN2CCOCC2)c1. The summed E-state index contributed by atoms with van der Waals surface area (Å²) in [6.45, 7) is 5.45. The minimum Gasteiger partial charge on any atom is -0.497 e. The van der Waals surface area contributed by atoms with E-state index < -0.39 is 0 Å². The largest absolute Gasteiger partial charge is 0.497 e. The highest BCUT2D eigenvalue weighted by atomic mass is 16.5. The lowest BCUT2D eigenvalue weighted by Gasteiger charge is -2.36. The van der Waals surface area contributed by atoms with Crippen LogP contribution in [0.5, 0.6) is 5.75 Å². The predicted molar refractivity (Wildman–Crippen MR) is 97.9 cm³/mol. The summed E-state index contributed by atoms with van der Waals surface area (Å²) in [5.74, 6) is 1.06. The number of carbonyl (C=O) groups excluding carboxylic acids is 1. The summed E-state index contributed by atoms with van der Waals surface area (Å²) in [6.07, 6.45) is 5.13. The quantitative estimate of drug-likeness (QED) is 0.821. The number of likely N-dealkylation sites (tertiary alicyclic amines) is 1. The molecule has 0 aromatic heterocycles. The summed E-state index contributed by atoms with van der Waals surface area (Å²) >= 11 is 0. The molecule has 2 aliphatic heterocycles. The summed E-state index contributed by atoms with van der Waals surface area (Å²) in [5, 5.41) is 0. The Kier molecular flexibility index (Phi) is 6.70. The maximum Gasteiger partial charge on any atom is 0.227 e. The van der Waals surface area contributed by atoms with Gasteiger partial charge in [0.1, 0.15) is 5.75 Å². The van der Waals surface area contributed by atoms with Crippen LogP contribution in [0.3, 0.4) is 0 Å². The molecular formula is C20H30N2O3. The molecule has 2 saturated heterocycles. The molecule has 25 heavy (non-hydrogen) atoms.